The summed E-state index contributed by atoms with van der Waals surface area (Å²) in [5.74, 6) is 0.174. The lowest BCUT2D eigenvalue weighted by Crippen LogP contribution is -2.02. The molecule has 1 saturated carbocycles. The number of halogens is 1. The fourth-order valence-electron chi connectivity index (χ4n) is 1.77. The lowest BCUT2D eigenvalue weighted by atomic mass is 10.0. The second-order valence-corrected chi connectivity index (χ2v) is 3.65. The lowest BCUT2D eigenvalue weighted by Gasteiger charge is -2.02. The molecule has 2 rings (SSSR count). The number of rotatable bonds is 1. The monoisotopic (exact) mass is 175 g/mol. The van der Waals surface area contributed by atoms with Crippen molar-refractivity contribution in [2.24, 2.45) is 5.92 Å². The molecule has 1 aromatic rings. The predicted octanol–water partition coefficient (Wildman–Crippen LogP) is 2.98. The van der Waals surface area contributed by atoms with Gasteiger partial charge in [0.05, 0.1) is 0 Å². The standard InChI is InChI=1S/C11H10FN/c1-8-7-11(8,13-2)9-3-5-10(12)6-4-9/h3-6,8H,7H2,1H3. The first-order valence-electron chi connectivity index (χ1n) is 4.34. The molecule has 0 N–H and O–H groups in total. The number of hydrogen-bond acceptors (Lipinski definition) is 0. The van der Waals surface area contributed by atoms with Crippen LogP contribution in [0.2, 0.25) is 0 Å². The van der Waals surface area contributed by atoms with Gasteiger partial charge in [0.25, 0.3) is 5.54 Å². The molecule has 13 heavy (non-hydrogen) atoms. The summed E-state index contributed by atoms with van der Waals surface area (Å²) in [6.45, 7) is 9.18. The molecule has 0 heterocycles. The summed E-state index contributed by atoms with van der Waals surface area (Å²) in [6.07, 6.45) is 0.905. The smallest absolute Gasteiger partial charge is 0.260 e. The Morgan fingerprint density at radius 3 is 2.38 bits per heavy atom. The molecule has 0 amide bonds. The van der Waals surface area contributed by atoms with E-state index in [1.165, 1.54) is 12.1 Å². The molecule has 0 aromatic heterocycles. The molecular formula is C11H10FN. The van der Waals surface area contributed by atoms with E-state index in [0.717, 1.165) is 12.0 Å². The highest BCUT2D eigenvalue weighted by Gasteiger charge is 2.60. The van der Waals surface area contributed by atoms with Gasteiger partial charge in [0.2, 0.25) is 0 Å². The highest BCUT2D eigenvalue weighted by molar-refractivity contribution is 5.36. The van der Waals surface area contributed by atoms with E-state index in [1.54, 1.807) is 12.1 Å². The topological polar surface area (TPSA) is 4.36 Å². The van der Waals surface area contributed by atoms with E-state index < -0.39 is 0 Å². The van der Waals surface area contributed by atoms with Crippen LogP contribution in [0.25, 0.3) is 4.85 Å². The van der Waals surface area contributed by atoms with Crippen LogP contribution in [0.4, 0.5) is 4.39 Å². The fourth-order valence-corrected chi connectivity index (χ4v) is 1.77. The van der Waals surface area contributed by atoms with E-state index in [0.29, 0.717) is 5.92 Å². The normalized spacial score (nSPS) is 31.0. The molecule has 66 valence electrons. The Hall–Kier alpha value is -1.36. The van der Waals surface area contributed by atoms with Gasteiger partial charge in [-0.3, -0.25) is 0 Å². The van der Waals surface area contributed by atoms with Crippen LogP contribution < -0.4 is 0 Å². The van der Waals surface area contributed by atoms with Gasteiger partial charge in [-0.05, 0) is 24.3 Å². The maximum absolute atomic E-state index is 12.6. The average molecular weight is 175 g/mol. The van der Waals surface area contributed by atoms with Crippen LogP contribution in [0.15, 0.2) is 24.3 Å². The summed E-state index contributed by atoms with van der Waals surface area (Å²) in [7, 11) is 0. The summed E-state index contributed by atoms with van der Waals surface area (Å²) in [5, 5.41) is 0. The minimum Gasteiger partial charge on any atom is -0.305 e. The maximum Gasteiger partial charge on any atom is 0.260 e. The Morgan fingerprint density at radius 1 is 1.46 bits per heavy atom. The highest BCUT2D eigenvalue weighted by atomic mass is 19.1. The van der Waals surface area contributed by atoms with Crippen LogP contribution in [-0.2, 0) is 5.54 Å². The Morgan fingerprint density at radius 2 is 2.00 bits per heavy atom. The SMILES string of the molecule is [C-]#[N+]C1(c2ccc(F)cc2)CC1C. The Bertz CT molecular complexity index is 363. The van der Waals surface area contributed by atoms with Crippen LogP contribution in [0.1, 0.15) is 18.9 Å². The Balaban J connectivity index is 2.38. The van der Waals surface area contributed by atoms with Crippen LogP contribution in [0.3, 0.4) is 0 Å². The molecule has 1 aliphatic carbocycles. The van der Waals surface area contributed by atoms with E-state index in [9.17, 15) is 4.39 Å². The van der Waals surface area contributed by atoms with Crippen LogP contribution >= 0.6 is 0 Å². The minimum atomic E-state index is -0.340. The van der Waals surface area contributed by atoms with E-state index in [-0.39, 0.29) is 11.4 Å². The van der Waals surface area contributed by atoms with Gasteiger partial charge < -0.3 is 4.85 Å². The van der Waals surface area contributed by atoms with E-state index in [1.807, 2.05) is 0 Å². The van der Waals surface area contributed by atoms with Crippen LogP contribution in [0.5, 0.6) is 0 Å². The maximum atomic E-state index is 12.6. The summed E-state index contributed by atoms with van der Waals surface area (Å²) in [4.78, 5) is 3.64. The van der Waals surface area contributed by atoms with Crippen molar-refractivity contribution in [2.75, 3.05) is 0 Å². The third-order valence-corrected chi connectivity index (χ3v) is 2.82. The molecule has 1 fully saturated rings. The van der Waals surface area contributed by atoms with Crippen molar-refractivity contribution < 1.29 is 4.39 Å². The van der Waals surface area contributed by atoms with Gasteiger partial charge in [0.1, 0.15) is 5.82 Å². The van der Waals surface area contributed by atoms with Gasteiger partial charge in [-0.15, -0.1) is 0 Å². The fraction of sp³-hybridized carbons (Fsp3) is 0.364. The zero-order chi connectivity index (χ0) is 9.47. The molecule has 2 unspecified atom stereocenters. The summed E-state index contributed by atoms with van der Waals surface area (Å²) in [5.41, 5.74) is 0.615. The van der Waals surface area contributed by atoms with Gasteiger partial charge in [0.15, 0.2) is 0 Å². The van der Waals surface area contributed by atoms with E-state index >= 15 is 0 Å². The van der Waals surface area contributed by atoms with Crippen molar-refractivity contribution in [3.63, 3.8) is 0 Å². The summed E-state index contributed by atoms with van der Waals surface area (Å²) in [6, 6.07) is 6.29. The predicted molar refractivity (Wildman–Crippen MR) is 48.5 cm³/mol. The minimum absolute atomic E-state index is 0.239. The van der Waals surface area contributed by atoms with E-state index in [4.69, 9.17) is 6.57 Å². The third kappa shape index (κ3) is 1.12. The van der Waals surface area contributed by atoms with Crippen LogP contribution in [0, 0.1) is 18.3 Å². The number of benzene rings is 1. The molecule has 0 radical (unpaired) electrons. The van der Waals surface area contributed by atoms with Gasteiger partial charge in [-0.1, -0.05) is 6.92 Å². The van der Waals surface area contributed by atoms with Crippen molar-refractivity contribution in [3.05, 3.63) is 47.1 Å². The van der Waals surface area contributed by atoms with Gasteiger partial charge in [0, 0.05) is 17.9 Å². The molecule has 0 bridgehead atoms. The molecule has 1 nitrogen and oxygen atoms in total. The van der Waals surface area contributed by atoms with Crippen molar-refractivity contribution in [3.8, 4) is 0 Å². The third-order valence-electron chi connectivity index (χ3n) is 2.82. The highest BCUT2D eigenvalue weighted by Crippen LogP contribution is 2.55. The first kappa shape index (κ1) is 8.25. The molecule has 1 aromatic carbocycles. The number of nitrogens with zero attached hydrogens (tertiary/aromatic N) is 1. The zero-order valence-electron chi connectivity index (χ0n) is 7.42. The number of hydrogen-bond donors (Lipinski definition) is 0. The molecule has 0 aliphatic heterocycles. The van der Waals surface area contributed by atoms with E-state index in [2.05, 4.69) is 11.8 Å². The Labute approximate surface area is 77.0 Å². The molecular weight excluding hydrogens is 165 g/mol. The first-order chi connectivity index (χ1) is 6.19. The van der Waals surface area contributed by atoms with Crippen molar-refractivity contribution in [2.45, 2.75) is 18.9 Å². The Kier molecular flexibility index (Phi) is 1.63. The molecule has 0 saturated heterocycles. The summed E-state index contributed by atoms with van der Waals surface area (Å²) < 4.78 is 12.6. The van der Waals surface area contributed by atoms with Gasteiger partial charge >= 0.3 is 0 Å². The molecule has 2 atom stereocenters. The quantitative estimate of drug-likeness (QED) is 0.578. The first-order valence-corrected chi connectivity index (χ1v) is 4.34. The van der Waals surface area contributed by atoms with Crippen molar-refractivity contribution >= 4 is 0 Å². The van der Waals surface area contributed by atoms with Crippen LogP contribution in [-0.4, -0.2) is 0 Å². The van der Waals surface area contributed by atoms with Gasteiger partial charge in [-0.2, -0.15) is 0 Å². The second kappa shape index (κ2) is 2.56. The van der Waals surface area contributed by atoms with Crippen molar-refractivity contribution in [1.82, 2.24) is 0 Å². The van der Waals surface area contributed by atoms with Gasteiger partial charge in [-0.25, -0.2) is 11.0 Å². The second-order valence-electron chi connectivity index (χ2n) is 3.65. The molecule has 1 aliphatic rings. The average Bonchev–Trinajstić information content (AvgIpc) is 2.79. The molecule has 0 spiro atoms. The zero-order valence-corrected chi connectivity index (χ0v) is 7.42. The molecule has 2 heteroatoms. The van der Waals surface area contributed by atoms with Crippen molar-refractivity contribution in [1.29, 1.82) is 0 Å². The largest absolute Gasteiger partial charge is 0.305 e. The lowest BCUT2D eigenvalue weighted by molar-refractivity contribution is 0.625. The summed E-state index contributed by atoms with van der Waals surface area (Å²) >= 11 is 0.